The molecule has 0 saturated carbocycles. The van der Waals surface area contributed by atoms with Gasteiger partial charge in [-0.25, -0.2) is 0 Å². The van der Waals surface area contributed by atoms with Crippen molar-refractivity contribution in [2.45, 2.75) is 20.8 Å². The number of hydrogen-bond acceptors (Lipinski definition) is 3. The van der Waals surface area contributed by atoms with E-state index in [4.69, 9.17) is 0 Å². The van der Waals surface area contributed by atoms with Gasteiger partial charge in [0.05, 0.1) is 12.1 Å². The molecule has 1 aromatic heterocycles. The number of carbonyl (C=O) groups is 2. The molecule has 0 aliphatic rings. The van der Waals surface area contributed by atoms with Gasteiger partial charge in [0.2, 0.25) is 5.91 Å². The fourth-order valence-electron chi connectivity index (χ4n) is 1.53. The van der Waals surface area contributed by atoms with Crippen LogP contribution in [-0.2, 0) is 4.79 Å². The van der Waals surface area contributed by atoms with Crippen molar-refractivity contribution in [2.75, 3.05) is 19.6 Å². The maximum absolute atomic E-state index is 12.1. The minimum Gasteiger partial charge on any atom is -0.355 e. The molecule has 1 aromatic rings. The molecule has 1 N–H and O–H groups in total. The quantitative estimate of drug-likeness (QED) is 0.846. The van der Waals surface area contributed by atoms with E-state index in [-0.39, 0.29) is 18.4 Å². The molecule has 0 aliphatic heterocycles. The van der Waals surface area contributed by atoms with Gasteiger partial charge in [-0.3, -0.25) is 14.6 Å². The van der Waals surface area contributed by atoms with E-state index in [0.29, 0.717) is 18.7 Å². The predicted octanol–water partition coefficient (Wildman–Crippen LogP) is 0.988. The highest BCUT2D eigenvalue weighted by molar-refractivity contribution is 5.96. The molecule has 5 heteroatoms. The van der Waals surface area contributed by atoms with Crippen molar-refractivity contribution in [1.82, 2.24) is 15.2 Å². The minimum atomic E-state index is -0.170. The average molecular weight is 249 g/mol. The molecule has 0 fully saturated rings. The molecule has 1 rings (SSSR count). The van der Waals surface area contributed by atoms with Crippen LogP contribution in [0.5, 0.6) is 0 Å². The molecule has 0 aromatic carbocycles. The van der Waals surface area contributed by atoms with E-state index in [2.05, 4.69) is 10.3 Å². The standard InChI is InChI=1S/C13H19N3O2/c1-4-14-12(17)9-16(5-2)13(18)11-7-6-10(3)15-8-11/h6-8H,4-5,9H2,1-3H3,(H,14,17). The highest BCUT2D eigenvalue weighted by atomic mass is 16.2. The molecule has 0 aliphatic carbocycles. The first-order chi connectivity index (χ1) is 8.58. The predicted molar refractivity (Wildman–Crippen MR) is 69.2 cm³/mol. The first-order valence-corrected chi connectivity index (χ1v) is 6.07. The van der Waals surface area contributed by atoms with Crippen LogP contribution in [0.1, 0.15) is 29.9 Å². The van der Waals surface area contributed by atoms with Crippen LogP contribution in [0.4, 0.5) is 0 Å². The summed E-state index contributed by atoms with van der Waals surface area (Å²) in [5.41, 5.74) is 1.37. The Kier molecular flexibility index (Phi) is 5.30. The van der Waals surface area contributed by atoms with Crippen LogP contribution in [0.2, 0.25) is 0 Å². The normalized spacial score (nSPS) is 9.94. The first-order valence-electron chi connectivity index (χ1n) is 6.07. The average Bonchev–Trinajstić information content (AvgIpc) is 2.36. The molecule has 18 heavy (non-hydrogen) atoms. The van der Waals surface area contributed by atoms with E-state index >= 15 is 0 Å². The van der Waals surface area contributed by atoms with E-state index < -0.39 is 0 Å². The summed E-state index contributed by atoms with van der Waals surface area (Å²) in [5.74, 6) is -0.316. The van der Waals surface area contributed by atoms with Crippen LogP contribution >= 0.6 is 0 Å². The number of aryl methyl sites for hydroxylation is 1. The summed E-state index contributed by atoms with van der Waals surface area (Å²) in [5, 5.41) is 2.68. The molecule has 0 atom stereocenters. The molecule has 1 heterocycles. The molecular formula is C13H19N3O2. The molecule has 0 radical (unpaired) electrons. The maximum Gasteiger partial charge on any atom is 0.255 e. The molecular weight excluding hydrogens is 230 g/mol. The lowest BCUT2D eigenvalue weighted by molar-refractivity contribution is -0.121. The Balaban J connectivity index is 2.73. The van der Waals surface area contributed by atoms with E-state index in [9.17, 15) is 9.59 Å². The number of aromatic nitrogens is 1. The molecule has 98 valence electrons. The van der Waals surface area contributed by atoms with Crippen molar-refractivity contribution in [3.05, 3.63) is 29.6 Å². The van der Waals surface area contributed by atoms with Gasteiger partial charge in [0.1, 0.15) is 0 Å². The van der Waals surface area contributed by atoms with Crippen molar-refractivity contribution >= 4 is 11.8 Å². The molecule has 0 spiro atoms. The van der Waals surface area contributed by atoms with Crippen molar-refractivity contribution in [3.8, 4) is 0 Å². The number of nitrogens with one attached hydrogen (secondary N) is 1. The van der Waals surface area contributed by atoms with Crippen LogP contribution in [0.3, 0.4) is 0 Å². The van der Waals surface area contributed by atoms with Crippen molar-refractivity contribution in [2.24, 2.45) is 0 Å². The number of amides is 2. The third-order valence-electron chi connectivity index (χ3n) is 2.54. The SMILES string of the molecule is CCNC(=O)CN(CC)C(=O)c1ccc(C)nc1. The van der Waals surface area contributed by atoms with Gasteiger partial charge in [-0.1, -0.05) is 0 Å². The first kappa shape index (κ1) is 14.2. The Morgan fingerprint density at radius 1 is 1.33 bits per heavy atom. The Morgan fingerprint density at radius 3 is 2.56 bits per heavy atom. The van der Waals surface area contributed by atoms with Crippen LogP contribution in [0.15, 0.2) is 18.3 Å². The summed E-state index contributed by atoms with van der Waals surface area (Å²) in [7, 11) is 0. The highest BCUT2D eigenvalue weighted by Gasteiger charge is 2.16. The van der Waals surface area contributed by atoms with Gasteiger partial charge in [-0.05, 0) is 32.9 Å². The number of nitrogens with zero attached hydrogens (tertiary/aromatic N) is 2. The summed E-state index contributed by atoms with van der Waals surface area (Å²) >= 11 is 0. The van der Waals surface area contributed by atoms with Crippen LogP contribution in [0.25, 0.3) is 0 Å². The van der Waals surface area contributed by atoms with Crippen molar-refractivity contribution in [1.29, 1.82) is 0 Å². The number of hydrogen-bond donors (Lipinski definition) is 1. The van der Waals surface area contributed by atoms with E-state index in [1.807, 2.05) is 20.8 Å². The smallest absolute Gasteiger partial charge is 0.255 e. The molecule has 2 amide bonds. The van der Waals surface area contributed by atoms with E-state index in [1.54, 1.807) is 12.1 Å². The van der Waals surface area contributed by atoms with Crippen LogP contribution < -0.4 is 5.32 Å². The molecule has 0 unspecified atom stereocenters. The summed E-state index contributed by atoms with van der Waals surface area (Å²) in [6, 6.07) is 3.51. The van der Waals surface area contributed by atoms with E-state index in [1.165, 1.54) is 11.1 Å². The maximum atomic E-state index is 12.1. The van der Waals surface area contributed by atoms with Gasteiger partial charge in [0.25, 0.3) is 5.91 Å². The Labute approximate surface area is 107 Å². The minimum absolute atomic E-state index is 0.0804. The Hall–Kier alpha value is -1.91. The largest absolute Gasteiger partial charge is 0.355 e. The zero-order valence-electron chi connectivity index (χ0n) is 11.1. The zero-order valence-corrected chi connectivity index (χ0v) is 11.1. The lowest BCUT2D eigenvalue weighted by Gasteiger charge is -2.20. The molecule has 0 saturated heterocycles. The number of carbonyl (C=O) groups excluding carboxylic acids is 2. The summed E-state index contributed by atoms with van der Waals surface area (Å²) in [6.07, 6.45) is 1.54. The van der Waals surface area contributed by atoms with Crippen LogP contribution in [0, 0.1) is 6.92 Å². The molecule has 0 bridgehead atoms. The topological polar surface area (TPSA) is 62.3 Å². The third kappa shape index (κ3) is 3.84. The number of pyridine rings is 1. The fraction of sp³-hybridized carbons (Fsp3) is 0.462. The Bertz CT molecular complexity index is 415. The van der Waals surface area contributed by atoms with Gasteiger partial charge in [0.15, 0.2) is 0 Å². The summed E-state index contributed by atoms with van der Waals surface area (Å²) in [6.45, 7) is 6.69. The monoisotopic (exact) mass is 249 g/mol. The second-order valence-corrected chi connectivity index (χ2v) is 3.96. The van der Waals surface area contributed by atoms with Gasteiger partial charge >= 0.3 is 0 Å². The lowest BCUT2D eigenvalue weighted by Crippen LogP contribution is -2.40. The second kappa shape index (κ2) is 6.74. The van der Waals surface area contributed by atoms with E-state index in [0.717, 1.165) is 5.69 Å². The third-order valence-corrected chi connectivity index (χ3v) is 2.54. The Morgan fingerprint density at radius 2 is 2.06 bits per heavy atom. The lowest BCUT2D eigenvalue weighted by atomic mass is 10.2. The van der Waals surface area contributed by atoms with Gasteiger partial charge in [-0.15, -0.1) is 0 Å². The van der Waals surface area contributed by atoms with Crippen molar-refractivity contribution < 1.29 is 9.59 Å². The van der Waals surface area contributed by atoms with Crippen LogP contribution in [-0.4, -0.2) is 41.3 Å². The number of likely N-dealkylation sites (N-methyl/N-ethyl adjacent to an activating group) is 2. The molecule has 5 nitrogen and oxygen atoms in total. The van der Waals surface area contributed by atoms with Gasteiger partial charge in [-0.2, -0.15) is 0 Å². The summed E-state index contributed by atoms with van der Waals surface area (Å²) < 4.78 is 0. The second-order valence-electron chi connectivity index (χ2n) is 3.96. The number of rotatable bonds is 5. The van der Waals surface area contributed by atoms with Crippen molar-refractivity contribution in [3.63, 3.8) is 0 Å². The van der Waals surface area contributed by atoms with Gasteiger partial charge < -0.3 is 10.2 Å². The fourth-order valence-corrected chi connectivity index (χ4v) is 1.53. The summed E-state index contributed by atoms with van der Waals surface area (Å²) in [4.78, 5) is 29.2. The zero-order chi connectivity index (χ0) is 13.5. The van der Waals surface area contributed by atoms with Gasteiger partial charge in [0, 0.05) is 25.0 Å². The highest BCUT2D eigenvalue weighted by Crippen LogP contribution is 2.04.